The maximum absolute atomic E-state index is 13.0. The summed E-state index contributed by atoms with van der Waals surface area (Å²) in [6, 6.07) is 3.99. The van der Waals surface area contributed by atoms with Crippen molar-refractivity contribution in [3.8, 4) is 0 Å². The van der Waals surface area contributed by atoms with Gasteiger partial charge in [0.2, 0.25) is 5.91 Å². The number of nitrogens with one attached hydrogen (secondary N) is 1. The average molecular weight is 295 g/mol. The molecule has 0 radical (unpaired) electrons. The number of rotatable bonds is 4. The second-order valence-electron chi connectivity index (χ2n) is 4.33. The molecule has 0 spiro atoms. The SMILES string of the molecule is Cc1csc(=O)n1CCC(=O)Nc1ccc(F)c(N)c1. The van der Waals surface area contributed by atoms with Crippen molar-refractivity contribution in [3.05, 3.63) is 44.8 Å². The highest BCUT2D eigenvalue weighted by atomic mass is 32.1. The van der Waals surface area contributed by atoms with Gasteiger partial charge in [-0.05, 0) is 25.1 Å². The predicted molar refractivity (Wildman–Crippen MR) is 77.4 cm³/mol. The van der Waals surface area contributed by atoms with Crippen LogP contribution < -0.4 is 15.9 Å². The number of nitrogens with zero attached hydrogens (tertiary/aromatic N) is 1. The zero-order chi connectivity index (χ0) is 14.7. The topological polar surface area (TPSA) is 77.1 Å². The van der Waals surface area contributed by atoms with Crippen LogP contribution in [0.1, 0.15) is 12.1 Å². The maximum Gasteiger partial charge on any atom is 0.307 e. The van der Waals surface area contributed by atoms with Crippen LogP contribution in [-0.4, -0.2) is 10.5 Å². The number of aromatic nitrogens is 1. The van der Waals surface area contributed by atoms with Crippen molar-refractivity contribution in [2.24, 2.45) is 0 Å². The number of nitrogen functional groups attached to an aromatic ring is 1. The summed E-state index contributed by atoms with van der Waals surface area (Å²) in [5, 5.41) is 4.36. The van der Waals surface area contributed by atoms with Crippen molar-refractivity contribution in [3.63, 3.8) is 0 Å². The highest BCUT2D eigenvalue weighted by Gasteiger charge is 2.08. The summed E-state index contributed by atoms with van der Waals surface area (Å²) in [6.45, 7) is 2.13. The van der Waals surface area contributed by atoms with E-state index in [1.54, 1.807) is 9.95 Å². The summed E-state index contributed by atoms with van der Waals surface area (Å²) in [6.07, 6.45) is 0.161. The van der Waals surface area contributed by atoms with Gasteiger partial charge in [0.05, 0.1) is 5.69 Å². The van der Waals surface area contributed by atoms with Gasteiger partial charge in [-0.25, -0.2) is 4.39 Å². The monoisotopic (exact) mass is 295 g/mol. The van der Waals surface area contributed by atoms with E-state index < -0.39 is 5.82 Å². The van der Waals surface area contributed by atoms with Crippen molar-refractivity contribution in [2.45, 2.75) is 19.9 Å². The van der Waals surface area contributed by atoms with Gasteiger partial charge in [-0.3, -0.25) is 9.59 Å². The lowest BCUT2D eigenvalue weighted by Crippen LogP contribution is -2.20. The van der Waals surface area contributed by atoms with Crippen molar-refractivity contribution in [1.82, 2.24) is 4.57 Å². The first-order valence-corrected chi connectivity index (χ1v) is 6.85. The van der Waals surface area contributed by atoms with Gasteiger partial charge in [0.25, 0.3) is 0 Å². The quantitative estimate of drug-likeness (QED) is 0.847. The molecular formula is C13H14FN3O2S. The molecule has 0 saturated heterocycles. The summed E-state index contributed by atoms with van der Waals surface area (Å²) < 4.78 is 14.5. The Bertz CT molecular complexity index is 693. The summed E-state index contributed by atoms with van der Waals surface area (Å²) in [4.78, 5) is 23.2. The number of thiazole rings is 1. The average Bonchev–Trinajstić information content (AvgIpc) is 2.71. The standard InChI is InChI=1S/C13H14FN3O2S/c1-8-7-20-13(19)17(8)5-4-12(18)16-9-2-3-10(14)11(15)6-9/h2-3,6-7H,4-5,15H2,1H3,(H,16,18). The molecular weight excluding hydrogens is 281 g/mol. The summed E-state index contributed by atoms with van der Waals surface area (Å²) in [5.74, 6) is -0.781. The third kappa shape index (κ3) is 3.24. The summed E-state index contributed by atoms with van der Waals surface area (Å²) in [5.41, 5.74) is 6.66. The number of halogens is 1. The van der Waals surface area contributed by atoms with Crippen LogP contribution in [0.15, 0.2) is 28.4 Å². The van der Waals surface area contributed by atoms with E-state index in [-0.39, 0.29) is 22.9 Å². The van der Waals surface area contributed by atoms with Crippen LogP contribution in [0.2, 0.25) is 0 Å². The van der Waals surface area contributed by atoms with Gasteiger partial charge in [0.15, 0.2) is 0 Å². The Labute approximate surface area is 118 Å². The second kappa shape index (κ2) is 5.87. The van der Waals surface area contributed by atoms with Gasteiger partial charge < -0.3 is 15.6 Å². The molecule has 0 unspecified atom stereocenters. The van der Waals surface area contributed by atoms with Crippen LogP contribution in [0.3, 0.4) is 0 Å². The third-order valence-electron chi connectivity index (χ3n) is 2.82. The largest absolute Gasteiger partial charge is 0.396 e. The number of carbonyl (C=O) groups is 1. The molecule has 0 atom stereocenters. The van der Waals surface area contributed by atoms with E-state index in [2.05, 4.69) is 5.32 Å². The third-order valence-corrected chi connectivity index (χ3v) is 3.70. The Hall–Kier alpha value is -2.15. The number of hydrogen-bond donors (Lipinski definition) is 2. The molecule has 0 bridgehead atoms. The molecule has 7 heteroatoms. The van der Waals surface area contributed by atoms with Crippen molar-refractivity contribution in [2.75, 3.05) is 11.1 Å². The Morgan fingerprint density at radius 3 is 2.85 bits per heavy atom. The van der Waals surface area contributed by atoms with Gasteiger partial charge in [-0.15, -0.1) is 0 Å². The van der Waals surface area contributed by atoms with Gasteiger partial charge in [0.1, 0.15) is 5.82 Å². The predicted octanol–water partition coefficient (Wildman–Crippen LogP) is 1.97. The normalized spacial score (nSPS) is 10.5. The van der Waals surface area contributed by atoms with Crippen LogP contribution in [0.25, 0.3) is 0 Å². The molecule has 1 amide bonds. The molecule has 0 saturated carbocycles. The number of hydrogen-bond acceptors (Lipinski definition) is 4. The molecule has 20 heavy (non-hydrogen) atoms. The van der Waals surface area contributed by atoms with E-state index in [0.717, 1.165) is 17.0 Å². The fourth-order valence-electron chi connectivity index (χ4n) is 1.73. The number of carbonyl (C=O) groups excluding carboxylic acids is 1. The molecule has 5 nitrogen and oxygen atoms in total. The minimum atomic E-state index is -0.525. The molecule has 2 aromatic rings. The lowest BCUT2D eigenvalue weighted by molar-refractivity contribution is -0.116. The van der Waals surface area contributed by atoms with E-state index in [1.807, 2.05) is 6.92 Å². The molecule has 1 heterocycles. The van der Waals surface area contributed by atoms with Crippen LogP contribution >= 0.6 is 11.3 Å². The number of amides is 1. The summed E-state index contributed by atoms with van der Waals surface area (Å²) in [7, 11) is 0. The number of aryl methyl sites for hydroxylation is 1. The molecule has 0 aliphatic carbocycles. The second-order valence-corrected chi connectivity index (χ2v) is 5.15. The van der Waals surface area contributed by atoms with E-state index in [0.29, 0.717) is 12.2 Å². The van der Waals surface area contributed by atoms with E-state index in [4.69, 9.17) is 5.73 Å². The highest BCUT2D eigenvalue weighted by molar-refractivity contribution is 7.07. The molecule has 2 rings (SSSR count). The fraction of sp³-hybridized carbons (Fsp3) is 0.231. The molecule has 1 aromatic heterocycles. The zero-order valence-electron chi connectivity index (χ0n) is 10.9. The first kappa shape index (κ1) is 14.3. The van der Waals surface area contributed by atoms with Crippen molar-refractivity contribution < 1.29 is 9.18 Å². The first-order valence-electron chi connectivity index (χ1n) is 5.97. The van der Waals surface area contributed by atoms with E-state index in [1.165, 1.54) is 18.2 Å². The van der Waals surface area contributed by atoms with Crippen LogP contribution in [-0.2, 0) is 11.3 Å². The van der Waals surface area contributed by atoms with Crippen molar-refractivity contribution in [1.29, 1.82) is 0 Å². The number of benzene rings is 1. The smallest absolute Gasteiger partial charge is 0.307 e. The Morgan fingerprint density at radius 2 is 2.25 bits per heavy atom. The van der Waals surface area contributed by atoms with Gasteiger partial charge >= 0.3 is 4.87 Å². The van der Waals surface area contributed by atoms with E-state index >= 15 is 0 Å². The Kier molecular flexibility index (Phi) is 4.19. The molecule has 0 aliphatic heterocycles. The van der Waals surface area contributed by atoms with Gasteiger partial charge in [-0.1, -0.05) is 11.3 Å². The van der Waals surface area contributed by atoms with Gasteiger partial charge in [0, 0.05) is 29.7 Å². The lowest BCUT2D eigenvalue weighted by Gasteiger charge is -2.07. The van der Waals surface area contributed by atoms with Crippen LogP contribution in [0.5, 0.6) is 0 Å². The minimum Gasteiger partial charge on any atom is -0.396 e. The lowest BCUT2D eigenvalue weighted by atomic mass is 10.2. The fourth-order valence-corrected chi connectivity index (χ4v) is 2.49. The Morgan fingerprint density at radius 1 is 1.50 bits per heavy atom. The van der Waals surface area contributed by atoms with Crippen LogP contribution in [0, 0.1) is 12.7 Å². The molecule has 1 aromatic carbocycles. The van der Waals surface area contributed by atoms with E-state index in [9.17, 15) is 14.0 Å². The Balaban J connectivity index is 1.96. The van der Waals surface area contributed by atoms with Gasteiger partial charge in [-0.2, -0.15) is 0 Å². The molecule has 0 fully saturated rings. The summed E-state index contributed by atoms with van der Waals surface area (Å²) >= 11 is 1.11. The zero-order valence-corrected chi connectivity index (χ0v) is 11.7. The molecule has 106 valence electrons. The molecule has 0 aliphatic rings. The highest BCUT2D eigenvalue weighted by Crippen LogP contribution is 2.16. The first-order chi connectivity index (χ1) is 9.47. The van der Waals surface area contributed by atoms with Crippen molar-refractivity contribution >= 4 is 28.6 Å². The molecule has 3 N–H and O–H groups in total. The van der Waals surface area contributed by atoms with Crippen LogP contribution in [0.4, 0.5) is 15.8 Å². The maximum atomic E-state index is 13.0. The number of nitrogens with two attached hydrogens (primary N) is 1. The minimum absolute atomic E-state index is 0.0206. The number of anilines is 2.